The van der Waals surface area contributed by atoms with E-state index >= 15 is 0 Å². The highest BCUT2D eigenvalue weighted by atomic mass is 32.1. The zero-order valence-corrected chi connectivity index (χ0v) is 12.9. The van der Waals surface area contributed by atoms with Crippen molar-refractivity contribution in [3.05, 3.63) is 11.1 Å². The van der Waals surface area contributed by atoms with Crippen molar-refractivity contribution in [2.45, 2.75) is 32.4 Å². The lowest BCUT2D eigenvalue weighted by atomic mass is 10.2. The number of alkyl halides is 3. The first-order chi connectivity index (χ1) is 10.3. The molecule has 0 radical (unpaired) electrons. The minimum atomic E-state index is -4.38. The Morgan fingerprint density at radius 3 is 2.82 bits per heavy atom. The molecule has 10 heteroatoms. The molecule has 0 saturated carbocycles. The number of carbonyl (C=O) groups is 1. The van der Waals surface area contributed by atoms with Gasteiger partial charge in [-0.3, -0.25) is 4.79 Å². The summed E-state index contributed by atoms with van der Waals surface area (Å²) in [5.74, 6) is -0.377. The molecule has 0 saturated heterocycles. The largest absolute Gasteiger partial charge is 0.408 e. The Hall–Kier alpha value is -1.84. The van der Waals surface area contributed by atoms with Crippen molar-refractivity contribution >= 4 is 28.3 Å². The first kappa shape index (κ1) is 18.2. The van der Waals surface area contributed by atoms with Gasteiger partial charge in [0.1, 0.15) is 6.54 Å². The number of hydrogen-bond donors (Lipinski definition) is 3. The summed E-state index contributed by atoms with van der Waals surface area (Å²) in [6, 6.07) is 0. The summed E-state index contributed by atoms with van der Waals surface area (Å²) in [5.41, 5.74) is 6.17. The fraction of sp³-hybridized carbons (Fsp3) is 0.583. The van der Waals surface area contributed by atoms with Gasteiger partial charge in [0.2, 0.25) is 5.91 Å². The number of nitrogens with zero attached hydrogens (tertiary/aromatic N) is 2. The van der Waals surface area contributed by atoms with Crippen LogP contribution in [0.5, 0.6) is 0 Å². The van der Waals surface area contributed by atoms with Crippen LogP contribution in [0.15, 0.2) is 10.4 Å². The molecule has 0 spiro atoms. The Morgan fingerprint density at radius 1 is 1.45 bits per heavy atom. The van der Waals surface area contributed by atoms with Gasteiger partial charge in [0.25, 0.3) is 0 Å². The number of aromatic nitrogens is 1. The molecule has 1 aromatic rings. The van der Waals surface area contributed by atoms with Crippen LogP contribution < -0.4 is 16.4 Å². The Morgan fingerprint density at radius 2 is 2.18 bits per heavy atom. The maximum atomic E-state index is 12.0. The summed E-state index contributed by atoms with van der Waals surface area (Å²) < 4.78 is 35.9. The summed E-state index contributed by atoms with van der Waals surface area (Å²) >= 11 is 1.25. The van der Waals surface area contributed by atoms with E-state index in [1.54, 1.807) is 5.38 Å². The molecule has 1 amide bonds. The van der Waals surface area contributed by atoms with E-state index < -0.39 is 12.7 Å². The highest BCUT2D eigenvalue weighted by Gasteiger charge is 2.26. The molecule has 0 unspecified atom stereocenters. The Balaban J connectivity index is 2.33. The SMILES string of the molecule is CC(=O)NCCCCc1csc(NC(N)=NCC(F)(F)F)n1. The smallest absolute Gasteiger partial charge is 0.370 e. The maximum absolute atomic E-state index is 12.0. The molecule has 0 aliphatic carbocycles. The highest BCUT2D eigenvalue weighted by molar-refractivity contribution is 7.13. The molecule has 1 heterocycles. The van der Waals surface area contributed by atoms with Gasteiger partial charge < -0.3 is 16.4 Å². The van der Waals surface area contributed by atoms with E-state index in [0.29, 0.717) is 11.7 Å². The predicted octanol–water partition coefficient (Wildman–Crippen LogP) is 1.89. The Kier molecular flexibility index (Phi) is 7.09. The van der Waals surface area contributed by atoms with Crippen molar-refractivity contribution in [1.29, 1.82) is 0 Å². The standard InChI is InChI=1S/C12H18F3N5OS/c1-8(21)17-5-3-2-4-9-6-22-11(19-9)20-10(16)18-7-12(13,14)15/h6H,2-5,7H2,1H3,(H,17,21)(H3,16,18,19,20). The van der Waals surface area contributed by atoms with Crippen molar-refractivity contribution in [2.24, 2.45) is 10.7 Å². The lowest BCUT2D eigenvalue weighted by Gasteiger charge is -2.04. The number of rotatable bonds is 7. The third-order valence-electron chi connectivity index (χ3n) is 2.45. The number of guanidine groups is 1. The number of aryl methyl sites for hydroxylation is 1. The lowest BCUT2D eigenvalue weighted by Crippen LogP contribution is -2.25. The van der Waals surface area contributed by atoms with Crippen LogP contribution in [0.3, 0.4) is 0 Å². The van der Waals surface area contributed by atoms with Crippen LogP contribution in [0.2, 0.25) is 0 Å². The normalized spacial score (nSPS) is 12.3. The van der Waals surface area contributed by atoms with E-state index in [0.717, 1.165) is 25.0 Å². The maximum Gasteiger partial charge on any atom is 0.408 e. The van der Waals surface area contributed by atoms with Crippen molar-refractivity contribution < 1.29 is 18.0 Å². The fourth-order valence-electron chi connectivity index (χ4n) is 1.50. The molecule has 4 N–H and O–H groups in total. The van der Waals surface area contributed by atoms with Gasteiger partial charge in [0.05, 0.1) is 5.69 Å². The van der Waals surface area contributed by atoms with E-state index in [-0.39, 0.29) is 11.9 Å². The predicted molar refractivity (Wildman–Crippen MR) is 79.9 cm³/mol. The average Bonchev–Trinajstić information content (AvgIpc) is 2.82. The van der Waals surface area contributed by atoms with Crippen molar-refractivity contribution in [2.75, 3.05) is 18.4 Å². The van der Waals surface area contributed by atoms with Gasteiger partial charge in [-0.1, -0.05) is 0 Å². The van der Waals surface area contributed by atoms with E-state index in [4.69, 9.17) is 5.73 Å². The number of thiazole rings is 1. The summed E-state index contributed by atoms with van der Waals surface area (Å²) in [6.45, 7) is 0.748. The molecule has 0 bridgehead atoms. The summed E-state index contributed by atoms with van der Waals surface area (Å²) in [4.78, 5) is 18.1. The summed E-state index contributed by atoms with van der Waals surface area (Å²) in [6.07, 6.45) is -1.98. The molecular formula is C12H18F3N5OS. The molecule has 22 heavy (non-hydrogen) atoms. The summed E-state index contributed by atoms with van der Waals surface area (Å²) in [5, 5.41) is 7.43. The Labute approximate surface area is 130 Å². The van der Waals surface area contributed by atoms with Crippen molar-refractivity contribution in [1.82, 2.24) is 10.3 Å². The van der Waals surface area contributed by atoms with Crippen molar-refractivity contribution in [3.63, 3.8) is 0 Å². The van der Waals surface area contributed by atoms with E-state index in [1.165, 1.54) is 18.3 Å². The van der Waals surface area contributed by atoms with Gasteiger partial charge in [-0.15, -0.1) is 11.3 Å². The molecule has 1 aromatic heterocycles. The van der Waals surface area contributed by atoms with Crippen LogP contribution in [-0.2, 0) is 11.2 Å². The monoisotopic (exact) mass is 337 g/mol. The molecule has 6 nitrogen and oxygen atoms in total. The van der Waals surface area contributed by atoms with Gasteiger partial charge in [-0.05, 0) is 19.3 Å². The molecule has 0 aliphatic heterocycles. The highest BCUT2D eigenvalue weighted by Crippen LogP contribution is 2.17. The average molecular weight is 337 g/mol. The Bertz CT molecular complexity index is 515. The number of halogens is 3. The van der Waals surface area contributed by atoms with Crippen LogP contribution >= 0.6 is 11.3 Å². The number of amides is 1. The second-order valence-corrected chi connectivity index (χ2v) is 5.38. The second kappa shape index (κ2) is 8.57. The van der Waals surface area contributed by atoms with Gasteiger partial charge in [0, 0.05) is 18.8 Å². The number of aliphatic imine (C=N–C) groups is 1. The molecule has 1 rings (SSSR count). The van der Waals surface area contributed by atoms with Gasteiger partial charge in [-0.2, -0.15) is 13.2 Å². The number of nitrogens with one attached hydrogen (secondary N) is 2. The van der Waals surface area contributed by atoms with Crippen molar-refractivity contribution in [3.8, 4) is 0 Å². The molecule has 124 valence electrons. The summed E-state index contributed by atoms with van der Waals surface area (Å²) in [7, 11) is 0. The van der Waals surface area contributed by atoms with Crippen LogP contribution in [0, 0.1) is 0 Å². The number of unbranched alkanes of at least 4 members (excludes halogenated alkanes) is 1. The number of hydrogen-bond acceptors (Lipinski definition) is 4. The van der Waals surface area contributed by atoms with Gasteiger partial charge in [0.15, 0.2) is 11.1 Å². The van der Waals surface area contributed by atoms with Gasteiger partial charge in [-0.25, -0.2) is 9.98 Å². The van der Waals surface area contributed by atoms with Crippen LogP contribution in [0.4, 0.5) is 18.3 Å². The minimum absolute atomic E-state index is 0.0613. The van der Waals surface area contributed by atoms with Gasteiger partial charge >= 0.3 is 6.18 Å². The fourth-order valence-corrected chi connectivity index (χ4v) is 2.25. The first-order valence-corrected chi connectivity index (χ1v) is 7.47. The molecular weight excluding hydrogens is 319 g/mol. The number of anilines is 1. The van der Waals surface area contributed by atoms with Crippen LogP contribution in [-0.4, -0.2) is 36.1 Å². The zero-order valence-electron chi connectivity index (χ0n) is 12.0. The quantitative estimate of drug-likeness (QED) is 0.402. The molecule has 0 atom stereocenters. The molecule has 0 fully saturated rings. The van der Waals surface area contributed by atoms with E-state index in [2.05, 4.69) is 20.6 Å². The second-order valence-electron chi connectivity index (χ2n) is 4.53. The number of nitrogens with two attached hydrogens (primary N) is 1. The van der Waals surface area contributed by atoms with Crippen LogP contribution in [0.25, 0.3) is 0 Å². The molecule has 0 aromatic carbocycles. The minimum Gasteiger partial charge on any atom is -0.370 e. The third-order valence-corrected chi connectivity index (χ3v) is 3.26. The van der Waals surface area contributed by atoms with Crippen LogP contribution in [0.1, 0.15) is 25.5 Å². The topological polar surface area (TPSA) is 92.4 Å². The van der Waals surface area contributed by atoms with E-state index in [9.17, 15) is 18.0 Å². The zero-order chi connectivity index (χ0) is 16.6. The van der Waals surface area contributed by atoms with E-state index in [1.807, 2.05) is 0 Å². The first-order valence-electron chi connectivity index (χ1n) is 6.59. The number of carbonyl (C=O) groups excluding carboxylic acids is 1. The lowest BCUT2D eigenvalue weighted by molar-refractivity contribution is -0.119. The molecule has 0 aliphatic rings. The third kappa shape index (κ3) is 8.45.